The fourth-order valence-electron chi connectivity index (χ4n) is 2.10. The molecule has 2 aromatic heterocycles. The van der Waals surface area contributed by atoms with Crippen LogP contribution in [-0.2, 0) is 13.2 Å². The molecule has 0 unspecified atom stereocenters. The van der Waals surface area contributed by atoms with Crippen molar-refractivity contribution in [3.63, 3.8) is 0 Å². The van der Waals surface area contributed by atoms with Crippen LogP contribution in [0.4, 0.5) is 5.69 Å². The number of fused-ring (bicyclic) bond motifs is 1. The lowest BCUT2D eigenvalue weighted by molar-refractivity contribution is 0.282. The normalized spacial score (nSPS) is 10.8. The van der Waals surface area contributed by atoms with Crippen molar-refractivity contribution >= 4 is 11.2 Å². The molecular weight excluding hydrogens is 238 g/mol. The second kappa shape index (κ2) is 5.12. The standard InChI is InChI=1S/C15H15N3O/c19-11-12-4-3-5-14(8-12)16-9-13-10-17-18-7-2-1-6-15(13)18/h1-8,10,16,19H,9,11H2. The Morgan fingerprint density at radius 2 is 2.11 bits per heavy atom. The molecule has 0 aliphatic heterocycles. The number of hydrogen-bond acceptors (Lipinski definition) is 3. The van der Waals surface area contributed by atoms with Crippen LogP contribution in [0.1, 0.15) is 11.1 Å². The number of aliphatic hydroxyl groups is 1. The van der Waals surface area contributed by atoms with Crippen LogP contribution >= 0.6 is 0 Å². The average Bonchev–Trinajstić information content (AvgIpc) is 2.89. The number of anilines is 1. The summed E-state index contributed by atoms with van der Waals surface area (Å²) in [6, 6.07) is 13.8. The average molecular weight is 253 g/mol. The van der Waals surface area contributed by atoms with Gasteiger partial charge in [-0.3, -0.25) is 0 Å². The SMILES string of the molecule is OCc1cccc(NCc2cnn3ccccc23)c1. The Balaban J connectivity index is 1.78. The predicted molar refractivity (Wildman–Crippen MR) is 74.9 cm³/mol. The summed E-state index contributed by atoms with van der Waals surface area (Å²) in [5.74, 6) is 0. The monoisotopic (exact) mass is 253 g/mol. The summed E-state index contributed by atoms with van der Waals surface area (Å²) in [6.07, 6.45) is 3.81. The van der Waals surface area contributed by atoms with E-state index in [2.05, 4.69) is 10.4 Å². The van der Waals surface area contributed by atoms with Crippen LogP contribution in [0.2, 0.25) is 0 Å². The van der Waals surface area contributed by atoms with Gasteiger partial charge in [0.25, 0.3) is 0 Å². The first-order chi connectivity index (χ1) is 9.36. The summed E-state index contributed by atoms with van der Waals surface area (Å²) in [6.45, 7) is 0.772. The number of benzene rings is 1. The second-order valence-corrected chi connectivity index (χ2v) is 4.41. The molecule has 0 atom stereocenters. The molecular formula is C15H15N3O. The highest BCUT2D eigenvalue weighted by molar-refractivity contribution is 5.55. The van der Waals surface area contributed by atoms with Crippen molar-refractivity contribution in [1.29, 1.82) is 0 Å². The Bertz CT molecular complexity index is 690. The van der Waals surface area contributed by atoms with E-state index in [1.165, 1.54) is 0 Å². The lowest BCUT2D eigenvalue weighted by Crippen LogP contribution is -1.99. The Morgan fingerprint density at radius 1 is 1.16 bits per heavy atom. The molecule has 0 aliphatic rings. The van der Waals surface area contributed by atoms with E-state index in [9.17, 15) is 0 Å². The van der Waals surface area contributed by atoms with Gasteiger partial charge in [-0.05, 0) is 29.8 Å². The maximum absolute atomic E-state index is 9.11. The zero-order chi connectivity index (χ0) is 13.1. The molecule has 0 saturated carbocycles. The molecule has 3 rings (SSSR count). The molecule has 96 valence electrons. The van der Waals surface area contributed by atoms with E-state index in [4.69, 9.17) is 5.11 Å². The number of pyridine rings is 1. The summed E-state index contributed by atoms with van der Waals surface area (Å²) < 4.78 is 1.86. The van der Waals surface area contributed by atoms with Crippen LogP contribution in [0.25, 0.3) is 5.52 Å². The van der Waals surface area contributed by atoms with Gasteiger partial charge < -0.3 is 10.4 Å². The molecule has 2 N–H and O–H groups in total. The Hall–Kier alpha value is -2.33. The van der Waals surface area contributed by atoms with Gasteiger partial charge in [-0.25, -0.2) is 4.52 Å². The zero-order valence-corrected chi connectivity index (χ0v) is 10.5. The molecule has 0 aliphatic carbocycles. The minimum absolute atomic E-state index is 0.0617. The summed E-state index contributed by atoms with van der Waals surface area (Å²) in [4.78, 5) is 0. The fraction of sp³-hybridized carbons (Fsp3) is 0.133. The van der Waals surface area contributed by atoms with Gasteiger partial charge in [0.2, 0.25) is 0 Å². The smallest absolute Gasteiger partial charge is 0.0711 e. The lowest BCUT2D eigenvalue weighted by atomic mass is 10.2. The maximum atomic E-state index is 9.11. The molecule has 19 heavy (non-hydrogen) atoms. The number of aliphatic hydroxyl groups excluding tert-OH is 1. The molecule has 4 nitrogen and oxygen atoms in total. The minimum atomic E-state index is 0.0617. The third-order valence-electron chi connectivity index (χ3n) is 3.10. The van der Waals surface area contributed by atoms with Crippen molar-refractivity contribution in [1.82, 2.24) is 9.61 Å². The van der Waals surface area contributed by atoms with Gasteiger partial charge in [-0.15, -0.1) is 0 Å². The van der Waals surface area contributed by atoms with Crippen LogP contribution in [-0.4, -0.2) is 14.7 Å². The van der Waals surface area contributed by atoms with E-state index in [0.29, 0.717) is 6.54 Å². The van der Waals surface area contributed by atoms with Crippen molar-refractivity contribution in [2.24, 2.45) is 0 Å². The maximum Gasteiger partial charge on any atom is 0.0711 e. The topological polar surface area (TPSA) is 49.6 Å². The second-order valence-electron chi connectivity index (χ2n) is 4.41. The van der Waals surface area contributed by atoms with Crippen molar-refractivity contribution in [2.75, 3.05) is 5.32 Å². The Labute approximate surface area is 111 Å². The molecule has 0 spiro atoms. The van der Waals surface area contributed by atoms with Crippen molar-refractivity contribution < 1.29 is 5.11 Å². The molecule has 4 heteroatoms. The van der Waals surface area contributed by atoms with Crippen molar-refractivity contribution in [3.05, 3.63) is 66.0 Å². The summed E-state index contributed by atoms with van der Waals surface area (Å²) in [7, 11) is 0. The van der Waals surface area contributed by atoms with Gasteiger partial charge in [0.15, 0.2) is 0 Å². The number of rotatable bonds is 4. The highest BCUT2D eigenvalue weighted by Gasteiger charge is 2.02. The van der Waals surface area contributed by atoms with Gasteiger partial charge in [0, 0.05) is 24.0 Å². The van der Waals surface area contributed by atoms with Crippen LogP contribution in [0, 0.1) is 0 Å². The Morgan fingerprint density at radius 3 is 3.00 bits per heavy atom. The first-order valence-corrected chi connectivity index (χ1v) is 6.22. The molecule has 0 amide bonds. The van der Waals surface area contributed by atoms with Gasteiger partial charge in [-0.1, -0.05) is 18.2 Å². The fourth-order valence-corrected chi connectivity index (χ4v) is 2.10. The zero-order valence-electron chi connectivity index (χ0n) is 10.5. The number of hydrogen-bond donors (Lipinski definition) is 2. The van der Waals surface area contributed by atoms with Gasteiger partial charge in [-0.2, -0.15) is 5.10 Å². The van der Waals surface area contributed by atoms with Crippen LogP contribution in [0.5, 0.6) is 0 Å². The molecule has 0 radical (unpaired) electrons. The van der Waals surface area contributed by atoms with Gasteiger partial charge in [0.05, 0.1) is 18.3 Å². The lowest BCUT2D eigenvalue weighted by Gasteiger charge is -2.06. The number of aromatic nitrogens is 2. The van der Waals surface area contributed by atoms with E-state index >= 15 is 0 Å². The van der Waals surface area contributed by atoms with Crippen LogP contribution in [0.3, 0.4) is 0 Å². The number of nitrogens with zero attached hydrogens (tertiary/aromatic N) is 2. The first-order valence-electron chi connectivity index (χ1n) is 6.22. The van der Waals surface area contributed by atoms with Gasteiger partial charge in [0.1, 0.15) is 0 Å². The van der Waals surface area contributed by atoms with E-state index in [1.807, 2.05) is 59.4 Å². The van der Waals surface area contributed by atoms with Crippen molar-refractivity contribution in [2.45, 2.75) is 13.2 Å². The quantitative estimate of drug-likeness (QED) is 0.751. The van der Waals surface area contributed by atoms with E-state index in [0.717, 1.165) is 22.3 Å². The predicted octanol–water partition coefficient (Wildman–Crippen LogP) is 2.44. The van der Waals surface area contributed by atoms with Crippen molar-refractivity contribution in [3.8, 4) is 0 Å². The molecule has 0 fully saturated rings. The largest absolute Gasteiger partial charge is 0.392 e. The molecule has 0 bridgehead atoms. The molecule has 1 aromatic carbocycles. The van der Waals surface area contributed by atoms with Crippen LogP contribution in [0.15, 0.2) is 54.9 Å². The molecule has 3 aromatic rings. The van der Waals surface area contributed by atoms with Crippen LogP contribution < -0.4 is 5.32 Å². The molecule has 2 heterocycles. The minimum Gasteiger partial charge on any atom is -0.392 e. The van der Waals surface area contributed by atoms with E-state index in [-0.39, 0.29) is 6.61 Å². The number of nitrogens with one attached hydrogen (secondary N) is 1. The third kappa shape index (κ3) is 2.44. The van der Waals surface area contributed by atoms with Gasteiger partial charge >= 0.3 is 0 Å². The van der Waals surface area contributed by atoms with E-state index in [1.54, 1.807) is 0 Å². The highest BCUT2D eigenvalue weighted by atomic mass is 16.3. The molecule has 0 saturated heterocycles. The third-order valence-corrected chi connectivity index (χ3v) is 3.10. The summed E-state index contributed by atoms with van der Waals surface area (Å²) in [5, 5.41) is 16.8. The summed E-state index contributed by atoms with van der Waals surface area (Å²) in [5.41, 5.74) is 4.16. The summed E-state index contributed by atoms with van der Waals surface area (Å²) >= 11 is 0. The van der Waals surface area contributed by atoms with E-state index < -0.39 is 0 Å². The first kappa shape index (κ1) is 11.7. The highest BCUT2D eigenvalue weighted by Crippen LogP contribution is 2.15. The Kier molecular flexibility index (Phi) is 3.16.